The zero-order valence-corrected chi connectivity index (χ0v) is 64.1. The maximum atomic E-state index is 14.4. The number of aliphatic hydroxyl groups is 3. The average Bonchev–Trinajstić information content (AvgIpc) is 0.726. The molecule has 9 atom stereocenters. The van der Waals surface area contributed by atoms with E-state index in [9.17, 15) is 76.9 Å². The number of fused-ring (bicyclic) bond motifs is 2. The van der Waals surface area contributed by atoms with E-state index in [4.69, 9.17) is 29.3 Å². The average molecular weight is 1560 g/mol. The highest BCUT2D eigenvalue weighted by atomic mass is 32.2. The van der Waals surface area contributed by atoms with Crippen molar-refractivity contribution in [1.82, 2.24) is 40.2 Å². The summed E-state index contributed by atoms with van der Waals surface area (Å²) in [5, 5.41) is 70.1. The predicted octanol–water partition coefficient (Wildman–Crippen LogP) is 7.34. The number of rotatable bonds is 33. The van der Waals surface area contributed by atoms with E-state index in [1.54, 1.807) is 31.4 Å². The van der Waals surface area contributed by atoms with Crippen LogP contribution in [0.3, 0.4) is 0 Å². The van der Waals surface area contributed by atoms with Crippen molar-refractivity contribution in [3.8, 4) is 11.1 Å². The number of carboxylic acid groups (broad SMARTS) is 2. The predicted molar refractivity (Wildman–Crippen MR) is 405 cm³/mol. The molecule has 590 valence electrons. The van der Waals surface area contributed by atoms with Crippen LogP contribution in [0, 0.1) is 29.1 Å². The summed E-state index contributed by atoms with van der Waals surface area (Å²) in [6.07, 6.45) is 1.04. The summed E-state index contributed by atoms with van der Waals surface area (Å²) in [6, 6.07) is 20.4. The van der Waals surface area contributed by atoms with Gasteiger partial charge in [-0.1, -0.05) is 81.9 Å². The van der Waals surface area contributed by atoms with Gasteiger partial charge in [0.05, 0.1) is 40.5 Å². The van der Waals surface area contributed by atoms with Crippen molar-refractivity contribution in [3.63, 3.8) is 0 Å². The van der Waals surface area contributed by atoms with Gasteiger partial charge in [0.2, 0.25) is 17.7 Å². The summed E-state index contributed by atoms with van der Waals surface area (Å²) in [6.45, 7) is 12.7. The van der Waals surface area contributed by atoms with Crippen LogP contribution >= 0.6 is 11.3 Å². The lowest BCUT2D eigenvalue weighted by atomic mass is 9.39. The van der Waals surface area contributed by atoms with Crippen LogP contribution in [-0.2, 0) is 92.2 Å². The van der Waals surface area contributed by atoms with Gasteiger partial charge in [0.1, 0.15) is 42.8 Å². The number of pyridine rings is 1. The molecule has 32 heteroatoms. The number of imide groups is 1. The van der Waals surface area contributed by atoms with Gasteiger partial charge in [-0.3, -0.25) is 38.1 Å². The number of amides is 6. The van der Waals surface area contributed by atoms with Crippen LogP contribution in [0.4, 0.5) is 21.4 Å². The monoisotopic (exact) mass is 1560 g/mol. The smallest absolute Gasteiger partial charge is 0.410 e. The molecule has 4 saturated carbocycles. The molecular formula is C78H97N11O19S2. The van der Waals surface area contributed by atoms with Crippen molar-refractivity contribution < 1.29 is 91.1 Å². The second-order valence-electron chi connectivity index (χ2n) is 31.7. The Morgan fingerprint density at radius 2 is 1.55 bits per heavy atom. The number of aryl methyl sites for hydroxylation is 1. The van der Waals surface area contributed by atoms with E-state index in [1.165, 1.54) is 48.4 Å². The Labute approximate surface area is 641 Å². The lowest BCUT2D eigenvalue weighted by Crippen LogP contribution is -2.64. The summed E-state index contributed by atoms with van der Waals surface area (Å²) in [4.78, 5) is 118. The number of hydrogen-bond acceptors (Lipinski definition) is 22. The van der Waals surface area contributed by atoms with Crippen LogP contribution in [0.25, 0.3) is 21.3 Å². The van der Waals surface area contributed by atoms with Gasteiger partial charge >= 0.3 is 18.0 Å². The molecule has 4 aliphatic carbocycles. The minimum Gasteiger partial charge on any atom is -0.479 e. The molecule has 3 aromatic heterocycles. The highest BCUT2D eigenvalue weighted by Gasteiger charge is 2.66. The summed E-state index contributed by atoms with van der Waals surface area (Å²) in [7, 11) is -4.62. The zero-order valence-electron chi connectivity index (χ0n) is 62.5. The number of unbranched alkanes of at least 4 members (excludes halogenated alkanes) is 2. The van der Waals surface area contributed by atoms with Crippen LogP contribution in [0.5, 0.6) is 0 Å². The third kappa shape index (κ3) is 18.5. The number of hydrogen-bond donors (Lipinski definition) is 10. The second kappa shape index (κ2) is 33.0. The molecule has 5 fully saturated rings. The number of thiazole rings is 1. The standard InChI is InChI=1S/C78H97N11O19S2/c1-45(2)63(85-60(90)17-8-7-11-27-88-61(91)24-25-62(88)92)70(97)81-46(3)69(96)82-52-20-18-51(49(33-52)19-22-57-65(93)66(94)67(95)68(108-57)72(100)101)37-106-74(102)86(30-32-110(103,104)105)29-31-107-78-41-75(5)38-76(6,42-78)40-77(39-75,43-78)44-89-47(4)54(35-80-89)53-21-23-59(84-64(53)71(98)99)87-28-26-48-13-12-14-50(55(48)36-87)34-79-73-83-56-15-9-10-16-58(56)109-73/h9-10,12-16,18,20-21,23-25,33,35,45-46,57,63,65-68,93-95H,7-8,11,17,19,22,26-32,34,36-44H2,1-6H3,(H,79,83)(H,81,97)(H,82,96)(H,85,90)(H,98,99)(H,100,101)(H,103,104,105)/t46-,57-,63-,65-,66+,67-,68-,75?,76?,77?,78?/m0/s1. The van der Waals surface area contributed by atoms with Gasteiger partial charge in [-0.2, -0.15) is 13.5 Å². The van der Waals surface area contributed by atoms with Crippen LogP contribution < -0.4 is 26.2 Å². The summed E-state index contributed by atoms with van der Waals surface area (Å²) in [5.41, 5.74) is 5.78. The zero-order chi connectivity index (χ0) is 78.8. The van der Waals surface area contributed by atoms with Gasteiger partial charge in [0, 0.05) is 86.9 Å². The third-order valence-electron chi connectivity index (χ3n) is 22.4. The Kier molecular flexibility index (Phi) is 24.0. The first-order chi connectivity index (χ1) is 52.2. The molecule has 30 nitrogen and oxygen atoms in total. The maximum absolute atomic E-state index is 14.4. The Hall–Kier alpha value is -9.28. The molecule has 6 aromatic rings. The molecule has 3 aromatic carbocycles. The van der Waals surface area contributed by atoms with Gasteiger partial charge in [-0.05, 0) is 171 Å². The first kappa shape index (κ1) is 80.2. The Morgan fingerprint density at radius 3 is 2.25 bits per heavy atom. The van der Waals surface area contributed by atoms with E-state index in [1.807, 2.05) is 41.9 Å². The SMILES string of the molecule is Cc1c(-c2ccc(N3CCc4cccc(CNc5nc6ccccc6s5)c4C3)nc2C(=O)O)cnn1CC12CC3(C)CC(C)(C1)CC(OCCN(CCS(=O)(=O)O)C(=O)OCc1ccc(NC(=O)[C@H](C)NC(=O)[C@@H](NC(=O)CCCCCN4C(=O)C=CC4=O)C(C)C)cc1CC[C@@H]1O[C@H](C(=O)O)[C@@H](O)[C@H](O)[C@H]1O)(C3)C2. The number of aliphatic carboxylic acids is 1. The van der Waals surface area contributed by atoms with Gasteiger partial charge in [0.25, 0.3) is 21.9 Å². The topological polar surface area (TPSA) is 421 Å². The fourth-order valence-corrected chi connectivity index (χ4v) is 19.5. The van der Waals surface area contributed by atoms with E-state index in [2.05, 4.69) is 64.3 Å². The number of para-hydroxylation sites is 1. The van der Waals surface area contributed by atoms with Crippen molar-refractivity contribution in [3.05, 3.63) is 130 Å². The maximum Gasteiger partial charge on any atom is 0.410 e. The van der Waals surface area contributed by atoms with Gasteiger partial charge < -0.3 is 70.8 Å². The molecule has 3 aliphatic heterocycles. The summed E-state index contributed by atoms with van der Waals surface area (Å²) < 4.78 is 56.2. The highest BCUT2D eigenvalue weighted by molar-refractivity contribution is 7.85. The van der Waals surface area contributed by atoms with Crippen molar-refractivity contribution in [2.24, 2.45) is 22.2 Å². The van der Waals surface area contributed by atoms with Crippen LogP contribution in [0.1, 0.15) is 149 Å². The fraction of sp³-hybridized carbons (Fsp3) is 0.526. The Bertz CT molecular complexity index is 4590. The molecule has 0 spiro atoms. The van der Waals surface area contributed by atoms with Crippen LogP contribution in [0.2, 0.25) is 0 Å². The van der Waals surface area contributed by atoms with Crippen molar-refractivity contribution in [2.75, 3.05) is 54.1 Å². The number of benzene rings is 3. The molecule has 0 radical (unpaired) electrons. The molecule has 7 aliphatic rings. The number of carboxylic acids is 2. The largest absolute Gasteiger partial charge is 0.479 e. The van der Waals surface area contributed by atoms with E-state index in [0.29, 0.717) is 92.8 Å². The molecule has 1 saturated heterocycles. The number of ether oxygens (including phenoxy) is 3. The molecule has 10 N–H and O–H groups in total. The number of carbonyl (C=O) groups excluding carboxylic acids is 6. The second-order valence-corrected chi connectivity index (χ2v) is 34.3. The van der Waals surface area contributed by atoms with E-state index < -0.39 is 131 Å². The minimum absolute atomic E-state index is 0.0519. The fourth-order valence-electron chi connectivity index (χ4n) is 18.1. The summed E-state index contributed by atoms with van der Waals surface area (Å²) in [5.74, 6) is -5.97. The van der Waals surface area contributed by atoms with E-state index in [0.717, 1.165) is 62.1 Å². The molecule has 2 unspecified atom stereocenters. The van der Waals surface area contributed by atoms with Crippen LogP contribution in [0.15, 0.2) is 91.1 Å². The molecule has 6 heterocycles. The molecule has 13 rings (SSSR count). The molecular weight excluding hydrogens is 1460 g/mol. The van der Waals surface area contributed by atoms with E-state index in [-0.39, 0.29) is 66.6 Å². The first-order valence-corrected chi connectivity index (χ1v) is 39.8. The lowest BCUT2D eigenvalue weighted by molar-refractivity contribution is -0.248. The van der Waals surface area contributed by atoms with E-state index >= 15 is 0 Å². The number of aromatic nitrogens is 4. The number of aliphatic hydroxyl groups excluding tert-OH is 3. The van der Waals surface area contributed by atoms with Gasteiger partial charge in [-0.25, -0.2) is 24.4 Å². The van der Waals surface area contributed by atoms with Gasteiger partial charge in [-0.15, -0.1) is 0 Å². The van der Waals surface area contributed by atoms with Crippen LogP contribution in [-0.4, -0.2) is 202 Å². The minimum atomic E-state index is -4.62. The Morgan fingerprint density at radius 1 is 0.800 bits per heavy atom. The first-order valence-electron chi connectivity index (χ1n) is 37.4. The van der Waals surface area contributed by atoms with Crippen molar-refractivity contribution in [1.29, 1.82) is 0 Å². The number of nitrogens with zero attached hydrogens (tertiary/aromatic N) is 7. The van der Waals surface area contributed by atoms with Crippen molar-refractivity contribution in [2.45, 2.75) is 199 Å². The van der Waals surface area contributed by atoms with Gasteiger partial charge in [0.15, 0.2) is 16.9 Å². The number of carbonyl (C=O) groups is 8. The Balaban J connectivity index is 0.697. The normalized spacial score (nSPS) is 24.7. The lowest BCUT2D eigenvalue weighted by Gasteiger charge is -2.69. The van der Waals surface area contributed by atoms with Crippen molar-refractivity contribution >= 4 is 95.9 Å². The number of anilines is 3. The third-order valence-corrected chi connectivity index (χ3v) is 24.1. The molecule has 4 bridgehead atoms. The quantitative estimate of drug-likeness (QED) is 0.0109. The highest BCUT2D eigenvalue weighted by Crippen LogP contribution is 2.72. The number of aromatic carboxylic acids is 1. The molecule has 110 heavy (non-hydrogen) atoms. The summed E-state index contributed by atoms with van der Waals surface area (Å²) >= 11 is 1.60. The molecule has 6 amide bonds. The number of nitrogens with one attached hydrogen (secondary N) is 4.